The van der Waals surface area contributed by atoms with Crippen LogP contribution in [0.25, 0.3) is 22.8 Å². The molecule has 0 saturated heterocycles. The normalized spacial score (nSPS) is 10.6. The first-order chi connectivity index (χ1) is 9.24. The molecule has 0 unspecified atom stereocenters. The van der Waals surface area contributed by atoms with Crippen molar-refractivity contribution in [1.29, 1.82) is 0 Å². The first-order valence-corrected chi connectivity index (χ1v) is 5.85. The molecule has 0 aliphatic carbocycles. The number of benzene rings is 1. The number of aromatic nitrogens is 3. The minimum absolute atomic E-state index is 0.0838. The van der Waals surface area contributed by atoms with Crippen molar-refractivity contribution in [2.45, 2.75) is 0 Å². The van der Waals surface area contributed by atoms with E-state index in [9.17, 15) is 5.11 Å². The van der Waals surface area contributed by atoms with Crippen molar-refractivity contribution in [1.82, 2.24) is 15.1 Å². The molecule has 6 heteroatoms. The van der Waals surface area contributed by atoms with Crippen LogP contribution in [-0.4, -0.2) is 20.2 Å². The van der Waals surface area contributed by atoms with Gasteiger partial charge in [-0.15, -0.1) is 0 Å². The van der Waals surface area contributed by atoms with Gasteiger partial charge in [-0.3, -0.25) is 4.98 Å². The lowest BCUT2D eigenvalue weighted by molar-refractivity contribution is 0.431. The number of phenols is 1. The predicted octanol–water partition coefficient (Wildman–Crippen LogP) is 3.16. The molecule has 2 aromatic heterocycles. The smallest absolute Gasteiger partial charge is 0.259 e. The van der Waals surface area contributed by atoms with E-state index in [-0.39, 0.29) is 11.6 Å². The van der Waals surface area contributed by atoms with Crippen molar-refractivity contribution in [3.8, 4) is 28.6 Å². The Labute approximate surface area is 113 Å². The van der Waals surface area contributed by atoms with Crippen molar-refractivity contribution < 1.29 is 9.63 Å². The molecule has 0 bridgehead atoms. The van der Waals surface area contributed by atoms with Gasteiger partial charge in [-0.2, -0.15) is 4.98 Å². The largest absolute Gasteiger partial charge is 0.508 e. The fraction of sp³-hybridized carbons (Fsp3) is 0. The summed E-state index contributed by atoms with van der Waals surface area (Å²) in [4.78, 5) is 8.23. The molecule has 0 aliphatic heterocycles. The first-order valence-electron chi connectivity index (χ1n) is 5.47. The fourth-order valence-electron chi connectivity index (χ4n) is 1.62. The predicted molar refractivity (Wildman–Crippen MR) is 69.6 cm³/mol. The van der Waals surface area contributed by atoms with E-state index in [0.29, 0.717) is 16.4 Å². The Morgan fingerprint density at radius 2 is 2.11 bits per heavy atom. The Bertz CT molecular complexity index is 713. The molecule has 1 aromatic carbocycles. The van der Waals surface area contributed by atoms with Crippen LogP contribution in [0.4, 0.5) is 0 Å². The summed E-state index contributed by atoms with van der Waals surface area (Å²) in [7, 11) is 0. The highest BCUT2D eigenvalue weighted by atomic mass is 35.5. The van der Waals surface area contributed by atoms with Crippen molar-refractivity contribution in [2.75, 3.05) is 0 Å². The van der Waals surface area contributed by atoms with E-state index < -0.39 is 0 Å². The molecule has 3 rings (SSSR count). The highest BCUT2D eigenvalue weighted by molar-refractivity contribution is 6.33. The molecule has 2 heterocycles. The number of phenolic OH excluding ortho intramolecular Hbond substituents is 1. The number of rotatable bonds is 2. The average Bonchev–Trinajstić information content (AvgIpc) is 2.92. The molecule has 0 aliphatic rings. The summed E-state index contributed by atoms with van der Waals surface area (Å²) in [5.41, 5.74) is 1.23. The van der Waals surface area contributed by atoms with Gasteiger partial charge in [0.25, 0.3) is 5.89 Å². The molecular weight excluding hydrogens is 266 g/mol. The van der Waals surface area contributed by atoms with Gasteiger partial charge >= 0.3 is 0 Å². The zero-order valence-electron chi connectivity index (χ0n) is 9.62. The van der Waals surface area contributed by atoms with Crippen LogP contribution in [0.2, 0.25) is 5.02 Å². The van der Waals surface area contributed by atoms with Gasteiger partial charge in [-0.1, -0.05) is 16.8 Å². The van der Waals surface area contributed by atoms with Gasteiger partial charge in [-0.25, -0.2) is 0 Å². The molecule has 5 nitrogen and oxygen atoms in total. The van der Waals surface area contributed by atoms with Gasteiger partial charge in [0.1, 0.15) is 5.75 Å². The van der Waals surface area contributed by atoms with E-state index in [2.05, 4.69) is 15.1 Å². The van der Waals surface area contributed by atoms with Gasteiger partial charge in [0.15, 0.2) is 0 Å². The summed E-state index contributed by atoms with van der Waals surface area (Å²) >= 11 is 6.03. The molecule has 1 N–H and O–H groups in total. The number of halogens is 1. The quantitative estimate of drug-likeness (QED) is 0.776. The lowest BCUT2D eigenvalue weighted by atomic mass is 10.2. The zero-order valence-corrected chi connectivity index (χ0v) is 10.4. The monoisotopic (exact) mass is 273 g/mol. The molecule has 0 fully saturated rings. The summed E-state index contributed by atoms with van der Waals surface area (Å²) in [6, 6.07) is 8.14. The van der Waals surface area contributed by atoms with Crippen molar-refractivity contribution in [3.63, 3.8) is 0 Å². The highest BCUT2D eigenvalue weighted by Crippen LogP contribution is 2.30. The third kappa shape index (κ3) is 2.28. The Morgan fingerprint density at radius 3 is 2.89 bits per heavy atom. The Hall–Kier alpha value is -2.40. The van der Waals surface area contributed by atoms with Crippen LogP contribution in [0.3, 0.4) is 0 Å². The zero-order chi connectivity index (χ0) is 13.2. The molecule has 0 radical (unpaired) electrons. The lowest BCUT2D eigenvalue weighted by Crippen LogP contribution is -1.82. The number of hydrogen-bond acceptors (Lipinski definition) is 5. The van der Waals surface area contributed by atoms with E-state index in [4.69, 9.17) is 16.1 Å². The van der Waals surface area contributed by atoms with Gasteiger partial charge in [0.2, 0.25) is 5.82 Å². The molecular formula is C13H8ClN3O2. The van der Waals surface area contributed by atoms with Crippen LogP contribution in [0.1, 0.15) is 0 Å². The van der Waals surface area contributed by atoms with Crippen molar-refractivity contribution >= 4 is 11.6 Å². The second-order valence-electron chi connectivity index (χ2n) is 3.83. The summed E-state index contributed by atoms with van der Waals surface area (Å²) < 4.78 is 5.16. The van der Waals surface area contributed by atoms with Crippen LogP contribution in [0.15, 0.2) is 47.2 Å². The third-order valence-corrected chi connectivity index (χ3v) is 2.86. The van der Waals surface area contributed by atoms with Crippen LogP contribution in [0.5, 0.6) is 5.75 Å². The van der Waals surface area contributed by atoms with Crippen LogP contribution in [0, 0.1) is 0 Å². The van der Waals surface area contributed by atoms with Crippen molar-refractivity contribution in [3.05, 3.63) is 47.7 Å². The molecule has 0 amide bonds. The summed E-state index contributed by atoms with van der Waals surface area (Å²) in [6.07, 6.45) is 3.30. The van der Waals surface area contributed by atoms with Gasteiger partial charge < -0.3 is 9.63 Å². The van der Waals surface area contributed by atoms with Gasteiger partial charge in [0.05, 0.1) is 10.6 Å². The standard InChI is InChI=1S/C13H8ClN3O2/c14-11-4-3-9(18)6-10(11)13-16-12(17-19-13)8-2-1-5-15-7-8/h1-7,18H. The molecule has 0 spiro atoms. The molecule has 3 aromatic rings. The Kier molecular flexibility index (Phi) is 2.89. The minimum atomic E-state index is 0.0838. The number of pyridine rings is 1. The van der Waals surface area contributed by atoms with E-state index in [1.54, 1.807) is 24.5 Å². The van der Waals surface area contributed by atoms with Crippen molar-refractivity contribution in [2.24, 2.45) is 0 Å². The van der Waals surface area contributed by atoms with Crippen LogP contribution < -0.4 is 0 Å². The summed E-state index contributed by atoms with van der Waals surface area (Å²) in [5, 5.41) is 13.8. The maximum absolute atomic E-state index is 9.46. The van der Waals surface area contributed by atoms with Gasteiger partial charge in [-0.05, 0) is 30.3 Å². The summed E-state index contributed by atoms with van der Waals surface area (Å²) in [6.45, 7) is 0. The highest BCUT2D eigenvalue weighted by Gasteiger charge is 2.14. The minimum Gasteiger partial charge on any atom is -0.508 e. The maximum atomic E-state index is 9.46. The van der Waals surface area contributed by atoms with E-state index in [1.165, 1.54) is 12.1 Å². The van der Waals surface area contributed by atoms with Gasteiger partial charge in [0, 0.05) is 18.0 Å². The molecule has 94 valence electrons. The Morgan fingerprint density at radius 1 is 1.21 bits per heavy atom. The topological polar surface area (TPSA) is 72.0 Å². The third-order valence-electron chi connectivity index (χ3n) is 2.53. The number of nitrogens with zero attached hydrogens (tertiary/aromatic N) is 3. The second kappa shape index (κ2) is 4.70. The van der Waals surface area contributed by atoms with E-state index in [1.807, 2.05) is 6.07 Å². The number of hydrogen-bond donors (Lipinski definition) is 1. The van der Waals surface area contributed by atoms with E-state index >= 15 is 0 Å². The Balaban J connectivity index is 2.04. The summed E-state index contributed by atoms with van der Waals surface area (Å²) in [5.74, 6) is 0.753. The van der Waals surface area contributed by atoms with Crippen LogP contribution in [-0.2, 0) is 0 Å². The number of aromatic hydroxyl groups is 1. The lowest BCUT2D eigenvalue weighted by Gasteiger charge is -1.98. The molecule has 19 heavy (non-hydrogen) atoms. The fourth-order valence-corrected chi connectivity index (χ4v) is 1.82. The second-order valence-corrected chi connectivity index (χ2v) is 4.24. The van der Waals surface area contributed by atoms with E-state index in [0.717, 1.165) is 5.56 Å². The molecule has 0 saturated carbocycles. The SMILES string of the molecule is Oc1ccc(Cl)c(-c2nc(-c3cccnc3)no2)c1. The first kappa shape index (κ1) is 11.7. The maximum Gasteiger partial charge on any atom is 0.259 e. The average molecular weight is 274 g/mol. The molecule has 0 atom stereocenters. The van der Waals surface area contributed by atoms with Crippen LogP contribution >= 0.6 is 11.6 Å².